The molecular formula is C23H33Cl2N3O3. The van der Waals surface area contributed by atoms with Crippen molar-refractivity contribution in [1.29, 1.82) is 0 Å². The highest BCUT2D eigenvalue weighted by Gasteiger charge is 2.51. The highest BCUT2D eigenvalue weighted by molar-refractivity contribution is 6.42. The average molecular weight is 470 g/mol. The number of hydrogen-bond acceptors (Lipinski definition) is 5. The van der Waals surface area contributed by atoms with E-state index >= 15 is 0 Å². The SMILES string of the molecule is CC1CN([C@H](CO)CCN2CCC3(CC3)C(O)C2)C(=O)CCN1c1ccc(Cl)c(Cl)c1. The summed E-state index contributed by atoms with van der Waals surface area (Å²) in [5, 5.41) is 21.6. The Hall–Kier alpha value is -1.05. The number of likely N-dealkylation sites (tertiary alicyclic amines) is 1. The lowest BCUT2D eigenvalue weighted by Gasteiger charge is -2.38. The van der Waals surface area contributed by atoms with Gasteiger partial charge in [0.05, 0.1) is 28.8 Å². The van der Waals surface area contributed by atoms with Gasteiger partial charge in [-0.1, -0.05) is 23.2 Å². The molecule has 1 spiro atoms. The highest BCUT2D eigenvalue weighted by Crippen LogP contribution is 2.53. The molecule has 1 amide bonds. The van der Waals surface area contributed by atoms with Gasteiger partial charge in [-0.05, 0) is 62.8 Å². The van der Waals surface area contributed by atoms with Crippen LogP contribution in [0.25, 0.3) is 0 Å². The minimum Gasteiger partial charge on any atom is -0.394 e. The number of anilines is 1. The van der Waals surface area contributed by atoms with Crippen molar-refractivity contribution in [3.63, 3.8) is 0 Å². The van der Waals surface area contributed by atoms with Gasteiger partial charge in [0, 0.05) is 44.3 Å². The van der Waals surface area contributed by atoms with Crippen LogP contribution in [0, 0.1) is 5.41 Å². The normalized spacial score (nSPS) is 27.5. The molecule has 4 rings (SSSR count). The Morgan fingerprint density at radius 3 is 2.58 bits per heavy atom. The fraction of sp³-hybridized carbons (Fsp3) is 0.696. The number of amides is 1. The summed E-state index contributed by atoms with van der Waals surface area (Å²) in [7, 11) is 0. The molecule has 2 heterocycles. The number of aliphatic hydroxyl groups is 2. The van der Waals surface area contributed by atoms with Crippen LogP contribution in [0.2, 0.25) is 10.0 Å². The zero-order valence-electron chi connectivity index (χ0n) is 18.1. The van der Waals surface area contributed by atoms with E-state index in [1.54, 1.807) is 6.07 Å². The number of β-amino-alcohol motifs (C(OH)–C–C–N with tert-alkyl or cyclic N) is 1. The van der Waals surface area contributed by atoms with E-state index in [2.05, 4.69) is 16.7 Å². The fourth-order valence-corrected chi connectivity index (χ4v) is 5.46. The topological polar surface area (TPSA) is 67.2 Å². The third kappa shape index (κ3) is 4.98. The van der Waals surface area contributed by atoms with E-state index in [1.807, 2.05) is 17.0 Å². The minimum absolute atomic E-state index is 0.0500. The maximum atomic E-state index is 12.9. The van der Waals surface area contributed by atoms with Crippen molar-refractivity contribution in [2.75, 3.05) is 44.2 Å². The van der Waals surface area contributed by atoms with Gasteiger partial charge in [-0.25, -0.2) is 0 Å². The number of nitrogens with zero attached hydrogens (tertiary/aromatic N) is 3. The van der Waals surface area contributed by atoms with Gasteiger partial charge in [0.2, 0.25) is 5.91 Å². The predicted octanol–water partition coefficient (Wildman–Crippen LogP) is 3.02. The summed E-state index contributed by atoms with van der Waals surface area (Å²) < 4.78 is 0. The zero-order chi connectivity index (χ0) is 22.2. The van der Waals surface area contributed by atoms with Crippen LogP contribution in [-0.4, -0.2) is 83.4 Å². The molecule has 2 aliphatic heterocycles. The van der Waals surface area contributed by atoms with Crippen LogP contribution in [0.4, 0.5) is 5.69 Å². The van der Waals surface area contributed by atoms with Gasteiger partial charge in [-0.15, -0.1) is 0 Å². The second-order valence-corrected chi connectivity index (χ2v) is 10.3. The smallest absolute Gasteiger partial charge is 0.224 e. The predicted molar refractivity (Wildman–Crippen MR) is 124 cm³/mol. The Morgan fingerprint density at radius 1 is 1.16 bits per heavy atom. The summed E-state index contributed by atoms with van der Waals surface area (Å²) in [6, 6.07) is 5.44. The standard InChI is InChI=1S/C23H33Cl2N3O3/c1-16-13-28(22(31)5-10-27(16)17-2-3-19(24)20(25)12-17)18(15-29)4-9-26-11-8-23(6-7-23)21(30)14-26/h2-3,12,16,18,21,29-30H,4-11,13-15H2,1H3/t16?,18-,21?/m0/s1. The Labute approximate surface area is 194 Å². The Balaban J connectivity index is 1.38. The van der Waals surface area contributed by atoms with Gasteiger partial charge in [-0.3, -0.25) is 4.79 Å². The molecule has 31 heavy (non-hydrogen) atoms. The first-order valence-corrected chi connectivity index (χ1v) is 12.1. The molecule has 172 valence electrons. The first-order chi connectivity index (χ1) is 14.8. The second kappa shape index (κ2) is 9.44. The zero-order valence-corrected chi connectivity index (χ0v) is 19.7. The molecule has 1 aromatic rings. The molecule has 0 aromatic heterocycles. The number of aliphatic hydroxyl groups excluding tert-OH is 2. The van der Waals surface area contributed by atoms with Gasteiger partial charge in [0.25, 0.3) is 0 Å². The first-order valence-electron chi connectivity index (χ1n) is 11.4. The quantitative estimate of drug-likeness (QED) is 0.669. The number of rotatable bonds is 6. The van der Waals surface area contributed by atoms with E-state index in [9.17, 15) is 15.0 Å². The van der Waals surface area contributed by atoms with Crippen molar-refractivity contribution in [3.05, 3.63) is 28.2 Å². The van der Waals surface area contributed by atoms with Crippen molar-refractivity contribution in [2.24, 2.45) is 5.41 Å². The molecule has 6 nitrogen and oxygen atoms in total. The van der Waals surface area contributed by atoms with E-state index in [4.69, 9.17) is 23.2 Å². The lowest BCUT2D eigenvalue weighted by molar-refractivity contribution is -0.134. The van der Waals surface area contributed by atoms with E-state index in [0.717, 1.165) is 38.0 Å². The molecule has 3 aliphatic rings. The van der Waals surface area contributed by atoms with Crippen molar-refractivity contribution < 1.29 is 15.0 Å². The molecule has 1 saturated carbocycles. The maximum absolute atomic E-state index is 12.9. The summed E-state index contributed by atoms with van der Waals surface area (Å²) in [5.41, 5.74) is 1.14. The van der Waals surface area contributed by atoms with E-state index in [-0.39, 0.29) is 36.1 Å². The van der Waals surface area contributed by atoms with Gasteiger partial charge in [0.15, 0.2) is 0 Å². The van der Waals surface area contributed by atoms with Crippen LogP contribution in [0.15, 0.2) is 18.2 Å². The van der Waals surface area contributed by atoms with E-state index in [0.29, 0.717) is 42.5 Å². The lowest BCUT2D eigenvalue weighted by Crippen LogP contribution is -2.49. The number of carbonyl (C=O) groups is 1. The minimum atomic E-state index is -0.242. The second-order valence-electron chi connectivity index (χ2n) is 9.49. The maximum Gasteiger partial charge on any atom is 0.224 e. The Morgan fingerprint density at radius 2 is 1.94 bits per heavy atom. The van der Waals surface area contributed by atoms with Crippen LogP contribution >= 0.6 is 23.2 Å². The summed E-state index contributed by atoms with van der Waals surface area (Å²) in [5.74, 6) is 0.0732. The van der Waals surface area contributed by atoms with Gasteiger partial charge >= 0.3 is 0 Å². The van der Waals surface area contributed by atoms with Crippen LogP contribution in [0.1, 0.15) is 39.0 Å². The van der Waals surface area contributed by atoms with E-state index in [1.165, 1.54) is 0 Å². The fourth-order valence-electron chi connectivity index (χ4n) is 5.17. The van der Waals surface area contributed by atoms with Gasteiger partial charge in [0.1, 0.15) is 0 Å². The molecule has 2 N–H and O–H groups in total. The number of carbonyl (C=O) groups excluding carboxylic acids is 1. The van der Waals surface area contributed by atoms with Gasteiger partial charge in [-0.2, -0.15) is 0 Å². The van der Waals surface area contributed by atoms with Crippen LogP contribution in [0.5, 0.6) is 0 Å². The summed E-state index contributed by atoms with van der Waals surface area (Å²) in [6.45, 7) is 5.68. The molecule has 8 heteroatoms. The molecule has 1 aromatic carbocycles. The molecule has 1 aliphatic carbocycles. The number of halogens is 2. The van der Waals surface area contributed by atoms with E-state index < -0.39 is 0 Å². The average Bonchev–Trinajstić information content (AvgIpc) is 3.54. The summed E-state index contributed by atoms with van der Waals surface area (Å²) in [4.78, 5) is 19.3. The third-order valence-corrected chi connectivity index (χ3v) is 8.24. The Bertz CT molecular complexity index is 804. The first kappa shape index (κ1) is 23.1. The number of hydrogen-bond donors (Lipinski definition) is 2. The molecule has 3 atom stereocenters. The highest BCUT2D eigenvalue weighted by atomic mass is 35.5. The molecule has 0 bridgehead atoms. The molecule has 0 radical (unpaired) electrons. The molecule has 3 fully saturated rings. The van der Waals surface area contributed by atoms with Crippen LogP contribution < -0.4 is 4.90 Å². The van der Waals surface area contributed by atoms with Crippen molar-refractivity contribution in [3.8, 4) is 0 Å². The lowest BCUT2D eigenvalue weighted by atomic mass is 9.90. The number of piperidine rings is 1. The summed E-state index contributed by atoms with van der Waals surface area (Å²) >= 11 is 12.3. The van der Waals surface area contributed by atoms with Crippen LogP contribution in [0.3, 0.4) is 0 Å². The largest absolute Gasteiger partial charge is 0.394 e. The molecule has 2 unspecified atom stereocenters. The van der Waals surface area contributed by atoms with Crippen molar-refractivity contribution >= 4 is 34.8 Å². The molecule has 2 saturated heterocycles. The number of benzene rings is 1. The Kier molecular flexibility index (Phi) is 7.04. The van der Waals surface area contributed by atoms with Crippen molar-refractivity contribution in [1.82, 2.24) is 9.80 Å². The summed E-state index contributed by atoms with van der Waals surface area (Å²) in [6.07, 6.45) is 4.21. The third-order valence-electron chi connectivity index (χ3n) is 7.50. The van der Waals surface area contributed by atoms with Gasteiger partial charge < -0.3 is 24.9 Å². The van der Waals surface area contributed by atoms with Crippen LogP contribution in [-0.2, 0) is 4.79 Å². The molecular weight excluding hydrogens is 437 g/mol. The monoisotopic (exact) mass is 469 g/mol. The van der Waals surface area contributed by atoms with Crippen molar-refractivity contribution in [2.45, 2.75) is 57.2 Å².